The van der Waals surface area contributed by atoms with Gasteiger partial charge in [-0.15, -0.1) is 11.3 Å². The highest BCUT2D eigenvalue weighted by Crippen LogP contribution is 2.35. The second-order valence-electron chi connectivity index (χ2n) is 8.09. The third kappa shape index (κ3) is 3.40. The topological polar surface area (TPSA) is 41.4 Å². The molecule has 2 aliphatic rings. The number of rotatable bonds is 5. The van der Waals surface area contributed by atoms with Crippen LogP contribution in [0.25, 0.3) is 0 Å². The fourth-order valence-corrected chi connectivity index (χ4v) is 5.30. The highest BCUT2D eigenvalue weighted by Gasteiger charge is 2.44. The first kappa shape index (κ1) is 18.6. The van der Waals surface area contributed by atoms with Crippen molar-refractivity contribution in [1.82, 2.24) is 19.4 Å². The van der Waals surface area contributed by atoms with Crippen molar-refractivity contribution in [3.63, 3.8) is 0 Å². The first-order valence-corrected chi connectivity index (χ1v) is 11.2. The maximum atomic E-state index is 13.2. The van der Waals surface area contributed by atoms with Crippen LogP contribution in [-0.2, 0) is 19.5 Å². The SMILES string of the molecule is CCc1ccc(CN2C[C@@H]3[C@H](C2)n2cccc2C(=O)N3Cc2csc(C)n2)cc1. The van der Waals surface area contributed by atoms with Crippen molar-refractivity contribution >= 4 is 17.2 Å². The van der Waals surface area contributed by atoms with Crippen LogP contribution in [0.5, 0.6) is 0 Å². The smallest absolute Gasteiger partial charge is 0.271 e. The zero-order valence-electron chi connectivity index (χ0n) is 16.9. The van der Waals surface area contributed by atoms with Gasteiger partial charge in [-0.2, -0.15) is 0 Å². The van der Waals surface area contributed by atoms with Crippen LogP contribution in [0, 0.1) is 6.92 Å². The van der Waals surface area contributed by atoms with E-state index >= 15 is 0 Å². The molecule has 0 radical (unpaired) electrons. The summed E-state index contributed by atoms with van der Waals surface area (Å²) in [7, 11) is 0. The van der Waals surface area contributed by atoms with E-state index in [0.717, 1.165) is 42.5 Å². The molecule has 6 heteroatoms. The number of fused-ring (bicyclic) bond motifs is 3. The molecule has 0 unspecified atom stereocenters. The second kappa shape index (κ2) is 7.43. The molecule has 0 spiro atoms. The maximum Gasteiger partial charge on any atom is 0.271 e. The van der Waals surface area contributed by atoms with E-state index in [1.807, 2.05) is 19.1 Å². The summed E-state index contributed by atoms with van der Waals surface area (Å²) >= 11 is 1.65. The van der Waals surface area contributed by atoms with Crippen LogP contribution >= 0.6 is 11.3 Å². The van der Waals surface area contributed by atoms with Crippen LogP contribution in [0.1, 0.15) is 45.3 Å². The Bertz CT molecular complexity index is 1020. The number of aromatic nitrogens is 2. The third-order valence-corrected chi connectivity index (χ3v) is 7.01. The van der Waals surface area contributed by atoms with E-state index in [9.17, 15) is 4.79 Å². The molecule has 5 nitrogen and oxygen atoms in total. The van der Waals surface area contributed by atoms with Gasteiger partial charge < -0.3 is 9.47 Å². The molecule has 0 bridgehead atoms. The minimum Gasteiger partial charge on any atom is -0.337 e. The Kier molecular flexibility index (Phi) is 4.76. The van der Waals surface area contributed by atoms with Crippen molar-refractivity contribution in [3.8, 4) is 0 Å². The fraction of sp³-hybridized carbons (Fsp3) is 0.391. The molecule has 0 N–H and O–H groups in total. The van der Waals surface area contributed by atoms with Crippen LogP contribution in [-0.4, -0.2) is 44.4 Å². The minimum absolute atomic E-state index is 0.121. The van der Waals surface area contributed by atoms with Gasteiger partial charge in [0.1, 0.15) is 5.69 Å². The largest absolute Gasteiger partial charge is 0.337 e. The molecule has 1 fully saturated rings. The lowest BCUT2D eigenvalue weighted by atomic mass is 10.1. The van der Waals surface area contributed by atoms with Gasteiger partial charge in [-0.1, -0.05) is 31.2 Å². The number of carbonyl (C=O) groups excluding carboxylic acids is 1. The standard InChI is InChI=1S/C23H26N4OS/c1-3-17-6-8-18(9-7-17)11-25-13-21-22(14-25)27(12-19-15-29-16(2)24-19)23(28)20-5-4-10-26(20)21/h4-10,15,21-22H,3,11-14H2,1-2H3/t21-,22+/m0/s1. The molecule has 3 aromatic rings. The molecule has 1 amide bonds. The van der Waals surface area contributed by atoms with Crippen molar-refractivity contribution in [2.24, 2.45) is 0 Å². The van der Waals surface area contributed by atoms with Crippen molar-refractivity contribution in [1.29, 1.82) is 0 Å². The molecule has 2 atom stereocenters. The van der Waals surface area contributed by atoms with Crippen LogP contribution in [0.4, 0.5) is 0 Å². The van der Waals surface area contributed by atoms with Crippen molar-refractivity contribution < 1.29 is 4.79 Å². The summed E-state index contributed by atoms with van der Waals surface area (Å²) in [6.45, 7) is 7.57. The number of aryl methyl sites for hydroxylation is 2. The van der Waals surface area contributed by atoms with Gasteiger partial charge in [-0.05, 0) is 36.6 Å². The summed E-state index contributed by atoms with van der Waals surface area (Å²) in [5.41, 5.74) is 4.50. The summed E-state index contributed by atoms with van der Waals surface area (Å²) in [5.74, 6) is 0.121. The second-order valence-corrected chi connectivity index (χ2v) is 9.15. The lowest BCUT2D eigenvalue weighted by Crippen LogP contribution is -2.49. The van der Waals surface area contributed by atoms with Crippen molar-refractivity contribution in [2.45, 2.75) is 45.4 Å². The van der Waals surface area contributed by atoms with Gasteiger partial charge in [0.15, 0.2) is 0 Å². The lowest BCUT2D eigenvalue weighted by molar-refractivity contribution is 0.0553. The molecular weight excluding hydrogens is 380 g/mol. The number of thiazole rings is 1. The average molecular weight is 407 g/mol. The van der Waals surface area contributed by atoms with E-state index in [4.69, 9.17) is 0 Å². The number of benzene rings is 1. The van der Waals surface area contributed by atoms with Gasteiger partial charge in [0, 0.05) is 31.2 Å². The molecular formula is C23H26N4OS. The molecule has 1 aromatic carbocycles. The normalized spacial score (nSPS) is 21.4. The molecule has 29 heavy (non-hydrogen) atoms. The Morgan fingerprint density at radius 3 is 2.55 bits per heavy atom. The van der Waals surface area contributed by atoms with Gasteiger partial charge in [-0.3, -0.25) is 9.69 Å². The summed E-state index contributed by atoms with van der Waals surface area (Å²) in [6.07, 6.45) is 3.13. The molecule has 4 heterocycles. The van der Waals surface area contributed by atoms with Crippen LogP contribution < -0.4 is 0 Å². The van der Waals surface area contributed by atoms with E-state index in [-0.39, 0.29) is 11.9 Å². The first-order valence-electron chi connectivity index (χ1n) is 10.3. The number of hydrogen-bond donors (Lipinski definition) is 0. The Morgan fingerprint density at radius 1 is 1.07 bits per heavy atom. The summed E-state index contributed by atoms with van der Waals surface area (Å²) in [6, 6.07) is 13.3. The number of carbonyl (C=O) groups is 1. The Labute approximate surface area is 175 Å². The predicted octanol–water partition coefficient (Wildman–Crippen LogP) is 3.90. The number of likely N-dealkylation sites (tertiary alicyclic amines) is 1. The first-order chi connectivity index (χ1) is 14.1. The summed E-state index contributed by atoms with van der Waals surface area (Å²) in [4.78, 5) is 22.4. The van der Waals surface area contributed by atoms with E-state index in [1.54, 1.807) is 11.3 Å². The predicted molar refractivity (Wildman–Crippen MR) is 115 cm³/mol. The molecule has 0 aliphatic carbocycles. The molecule has 2 aromatic heterocycles. The molecule has 0 saturated carbocycles. The zero-order chi connectivity index (χ0) is 20.0. The molecule has 1 saturated heterocycles. The summed E-state index contributed by atoms with van der Waals surface area (Å²) < 4.78 is 2.19. The van der Waals surface area contributed by atoms with Crippen molar-refractivity contribution in [3.05, 3.63) is 75.5 Å². The lowest BCUT2D eigenvalue weighted by Gasteiger charge is -2.38. The van der Waals surface area contributed by atoms with Gasteiger partial charge >= 0.3 is 0 Å². The highest BCUT2D eigenvalue weighted by molar-refractivity contribution is 7.09. The molecule has 5 rings (SSSR count). The highest BCUT2D eigenvalue weighted by atomic mass is 32.1. The Hall–Kier alpha value is -2.44. The zero-order valence-corrected chi connectivity index (χ0v) is 17.7. The molecule has 2 aliphatic heterocycles. The Morgan fingerprint density at radius 2 is 1.83 bits per heavy atom. The monoisotopic (exact) mass is 406 g/mol. The van der Waals surface area contributed by atoms with Gasteiger partial charge in [0.05, 0.1) is 29.3 Å². The van der Waals surface area contributed by atoms with Gasteiger partial charge in [0.2, 0.25) is 0 Å². The van der Waals surface area contributed by atoms with Gasteiger partial charge in [0.25, 0.3) is 5.91 Å². The minimum atomic E-state index is 0.121. The number of hydrogen-bond acceptors (Lipinski definition) is 4. The van der Waals surface area contributed by atoms with E-state index in [2.05, 4.69) is 62.1 Å². The fourth-order valence-electron chi connectivity index (χ4n) is 4.70. The van der Waals surface area contributed by atoms with Crippen molar-refractivity contribution in [2.75, 3.05) is 13.1 Å². The van der Waals surface area contributed by atoms with Crippen LogP contribution in [0.2, 0.25) is 0 Å². The Balaban J connectivity index is 1.39. The quantitative estimate of drug-likeness (QED) is 0.645. The average Bonchev–Trinajstić information content (AvgIpc) is 3.45. The number of amides is 1. The van der Waals surface area contributed by atoms with Gasteiger partial charge in [-0.25, -0.2) is 4.98 Å². The van der Waals surface area contributed by atoms with Crippen LogP contribution in [0.3, 0.4) is 0 Å². The summed E-state index contributed by atoms with van der Waals surface area (Å²) in [5, 5.41) is 3.13. The van der Waals surface area contributed by atoms with E-state index in [0.29, 0.717) is 12.6 Å². The van der Waals surface area contributed by atoms with E-state index in [1.165, 1.54) is 11.1 Å². The third-order valence-electron chi connectivity index (χ3n) is 6.19. The van der Waals surface area contributed by atoms with E-state index < -0.39 is 0 Å². The van der Waals surface area contributed by atoms with Crippen LogP contribution in [0.15, 0.2) is 48.0 Å². The number of nitrogens with zero attached hydrogens (tertiary/aromatic N) is 4. The molecule has 150 valence electrons. The maximum absolute atomic E-state index is 13.2.